The zero-order chi connectivity index (χ0) is 33.6. The minimum absolute atomic E-state index is 0.197. The summed E-state index contributed by atoms with van der Waals surface area (Å²) in [4.78, 5) is 37.5. The molecular formula is C42H32N6O2. The molecule has 0 spiro atoms. The number of rotatable bonds is 6. The number of hydrogen-bond donors (Lipinski definition) is 1. The van der Waals surface area contributed by atoms with Crippen LogP contribution in [0.2, 0.25) is 0 Å². The van der Waals surface area contributed by atoms with Gasteiger partial charge >= 0.3 is 5.97 Å². The first-order valence-electron chi connectivity index (χ1n) is 17.0. The summed E-state index contributed by atoms with van der Waals surface area (Å²) in [7, 11) is 0. The third-order valence-corrected chi connectivity index (χ3v) is 9.84. The Kier molecular flexibility index (Phi) is 7.34. The van der Waals surface area contributed by atoms with Crippen LogP contribution in [0, 0.1) is 0 Å². The van der Waals surface area contributed by atoms with E-state index in [0.717, 1.165) is 70.2 Å². The average molecular weight is 653 g/mol. The summed E-state index contributed by atoms with van der Waals surface area (Å²) in [6.07, 6.45) is 10.8. The molecule has 0 bridgehead atoms. The van der Waals surface area contributed by atoms with Crippen LogP contribution >= 0.6 is 0 Å². The number of aromatic carboxylic acids is 1. The van der Waals surface area contributed by atoms with Gasteiger partial charge in [0.1, 0.15) is 5.82 Å². The summed E-state index contributed by atoms with van der Waals surface area (Å²) < 4.78 is 2.35. The van der Waals surface area contributed by atoms with Gasteiger partial charge in [-0.3, -0.25) is 0 Å². The lowest BCUT2D eigenvalue weighted by Crippen LogP contribution is -2.14. The van der Waals surface area contributed by atoms with E-state index in [9.17, 15) is 9.90 Å². The highest BCUT2D eigenvalue weighted by molar-refractivity contribution is 6.12. The second-order valence-electron chi connectivity index (χ2n) is 12.9. The molecule has 8 heteroatoms. The van der Waals surface area contributed by atoms with E-state index in [1.54, 1.807) is 12.4 Å². The van der Waals surface area contributed by atoms with Crippen molar-refractivity contribution in [2.75, 3.05) is 0 Å². The first kappa shape index (κ1) is 29.8. The number of fused-ring (bicyclic) bond motifs is 3. The van der Waals surface area contributed by atoms with Gasteiger partial charge < -0.3 is 9.67 Å². The first-order valence-corrected chi connectivity index (χ1v) is 17.0. The molecule has 242 valence electrons. The third kappa shape index (κ3) is 5.17. The van der Waals surface area contributed by atoms with Gasteiger partial charge in [-0.05, 0) is 66.4 Å². The number of benzene rings is 3. The number of imidazole rings is 1. The Balaban J connectivity index is 1.33. The SMILES string of the molecule is O=C(O)c1c(-c2ccccc2)cc2c(nc(-c3cnc4nc(-c5ccccc5)ccc4c3)n2C2CCCCC2)c1-c1cnc2ncccc2c1. The number of carboxylic acids is 1. The minimum Gasteiger partial charge on any atom is -0.478 e. The van der Waals surface area contributed by atoms with Gasteiger partial charge in [0, 0.05) is 57.7 Å². The monoisotopic (exact) mass is 652 g/mol. The molecule has 5 heterocycles. The van der Waals surface area contributed by atoms with Crippen LogP contribution in [0.25, 0.3) is 78.0 Å². The molecule has 5 aromatic heterocycles. The fourth-order valence-electron chi connectivity index (χ4n) is 7.49. The van der Waals surface area contributed by atoms with E-state index < -0.39 is 5.97 Å². The van der Waals surface area contributed by atoms with Gasteiger partial charge in [0.2, 0.25) is 0 Å². The fourth-order valence-corrected chi connectivity index (χ4v) is 7.49. The molecular weight excluding hydrogens is 621 g/mol. The number of nitrogens with zero attached hydrogens (tertiary/aromatic N) is 6. The molecule has 0 amide bonds. The molecule has 0 atom stereocenters. The lowest BCUT2D eigenvalue weighted by Gasteiger charge is -2.26. The summed E-state index contributed by atoms with van der Waals surface area (Å²) in [5.41, 5.74) is 8.45. The van der Waals surface area contributed by atoms with E-state index >= 15 is 0 Å². The normalized spacial score (nSPS) is 13.7. The van der Waals surface area contributed by atoms with Gasteiger partial charge in [-0.2, -0.15) is 0 Å². The first-order chi connectivity index (χ1) is 24.6. The van der Waals surface area contributed by atoms with Crippen molar-refractivity contribution >= 4 is 39.1 Å². The van der Waals surface area contributed by atoms with Crippen LogP contribution in [0.4, 0.5) is 0 Å². The molecule has 8 nitrogen and oxygen atoms in total. The Hall–Kier alpha value is -6.28. The van der Waals surface area contributed by atoms with Crippen molar-refractivity contribution in [1.29, 1.82) is 0 Å². The van der Waals surface area contributed by atoms with E-state index in [2.05, 4.69) is 26.7 Å². The fraction of sp³-hybridized carbons (Fsp3) is 0.143. The lowest BCUT2D eigenvalue weighted by molar-refractivity contribution is 0.0698. The average Bonchev–Trinajstić information content (AvgIpc) is 3.57. The van der Waals surface area contributed by atoms with Crippen LogP contribution in [0.1, 0.15) is 48.5 Å². The van der Waals surface area contributed by atoms with Crippen molar-refractivity contribution < 1.29 is 9.90 Å². The lowest BCUT2D eigenvalue weighted by atomic mass is 9.90. The third-order valence-electron chi connectivity index (χ3n) is 9.84. The van der Waals surface area contributed by atoms with E-state index in [-0.39, 0.29) is 11.6 Å². The largest absolute Gasteiger partial charge is 0.478 e. The van der Waals surface area contributed by atoms with Crippen LogP contribution < -0.4 is 0 Å². The molecule has 9 rings (SSSR count). The molecule has 3 aromatic carbocycles. The maximum Gasteiger partial charge on any atom is 0.337 e. The molecule has 50 heavy (non-hydrogen) atoms. The maximum absolute atomic E-state index is 13.4. The highest BCUT2D eigenvalue weighted by atomic mass is 16.4. The van der Waals surface area contributed by atoms with Crippen molar-refractivity contribution in [1.82, 2.24) is 29.5 Å². The minimum atomic E-state index is -1.02. The number of carboxylic acid groups (broad SMARTS) is 1. The van der Waals surface area contributed by atoms with Crippen LogP contribution in [-0.2, 0) is 0 Å². The van der Waals surface area contributed by atoms with Gasteiger partial charge in [-0.15, -0.1) is 0 Å². The molecule has 0 saturated heterocycles. The van der Waals surface area contributed by atoms with Crippen LogP contribution in [0.15, 0.2) is 122 Å². The van der Waals surface area contributed by atoms with Gasteiger partial charge in [0.15, 0.2) is 11.3 Å². The number of aromatic nitrogens is 6. The smallest absolute Gasteiger partial charge is 0.337 e. The zero-order valence-electron chi connectivity index (χ0n) is 27.2. The Morgan fingerprint density at radius 1 is 0.660 bits per heavy atom. The second-order valence-corrected chi connectivity index (χ2v) is 12.9. The van der Waals surface area contributed by atoms with E-state index in [4.69, 9.17) is 15.0 Å². The molecule has 1 N–H and O–H groups in total. The van der Waals surface area contributed by atoms with Crippen molar-refractivity contribution in [2.24, 2.45) is 0 Å². The summed E-state index contributed by atoms with van der Waals surface area (Å²) in [6, 6.07) is 34.0. The number of carbonyl (C=O) groups is 1. The van der Waals surface area contributed by atoms with Crippen LogP contribution in [-0.4, -0.2) is 40.6 Å². The molecule has 1 fully saturated rings. The molecule has 1 saturated carbocycles. The number of hydrogen-bond acceptors (Lipinski definition) is 6. The summed E-state index contributed by atoms with van der Waals surface area (Å²) >= 11 is 0. The van der Waals surface area contributed by atoms with Gasteiger partial charge in [-0.25, -0.2) is 29.7 Å². The summed E-state index contributed by atoms with van der Waals surface area (Å²) in [5.74, 6) is -0.250. The topological polar surface area (TPSA) is 107 Å². The summed E-state index contributed by atoms with van der Waals surface area (Å²) in [5, 5.41) is 12.7. The highest BCUT2D eigenvalue weighted by Gasteiger charge is 2.29. The molecule has 1 aliphatic carbocycles. The zero-order valence-corrected chi connectivity index (χ0v) is 27.2. The quantitative estimate of drug-likeness (QED) is 0.191. The number of pyridine rings is 4. The molecule has 8 aromatic rings. The Morgan fingerprint density at radius 2 is 1.36 bits per heavy atom. The van der Waals surface area contributed by atoms with Gasteiger partial charge in [-0.1, -0.05) is 79.9 Å². The predicted octanol–water partition coefficient (Wildman–Crippen LogP) is 9.79. The van der Waals surface area contributed by atoms with Crippen molar-refractivity contribution in [3.63, 3.8) is 0 Å². The molecule has 0 unspecified atom stereocenters. The van der Waals surface area contributed by atoms with Gasteiger partial charge in [0.25, 0.3) is 0 Å². The Labute approximate surface area is 288 Å². The highest BCUT2D eigenvalue weighted by Crippen LogP contribution is 2.44. The van der Waals surface area contributed by atoms with Gasteiger partial charge in [0.05, 0.1) is 22.3 Å². The maximum atomic E-state index is 13.4. The predicted molar refractivity (Wildman–Crippen MR) is 197 cm³/mol. The van der Waals surface area contributed by atoms with E-state index in [1.807, 2.05) is 97.2 Å². The van der Waals surface area contributed by atoms with Crippen molar-refractivity contribution in [3.05, 3.63) is 127 Å². The molecule has 0 radical (unpaired) electrons. The standard InChI is InChI=1S/C42H32N6O2/c49-42(50)37-33(26-11-4-1-5-12-26)23-35-38(36(37)30-21-28-15-10-20-43-39(28)44-24-30)47-41(48(35)32-16-8-3-9-17-32)31-22-29-18-19-34(46-40(29)45-25-31)27-13-6-2-7-14-27/h1-2,4-7,10-15,18-25,32H,3,8-9,16-17H2,(H,49,50). The van der Waals surface area contributed by atoms with Crippen LogP contribution in [0.5, 0.6) is 0 Å². The molecule has 1 aliphatic rings. The Morgan fingerprint density at radius 3 is 2.14 bits per heavy atom. The van der Waals surface area contributed by atoms with Crippen LogP contribution in [0.3, 0.4) is 0 Å². The molecule has 0 aliphatic heterocycles. The van der Waals surface area contributed by atoms with E-state index in [0.29, 0.717) is 33.5 Å². The Bertz CT molecular complexity index is 2560. The summed E-state index contributed by atoms with van der Waals surface area (Å²) in [6.45, 7) is 0. The second kappa shape index (κ2) is 12.3. The van der Waals surface area contributed by atoms with Crippen molar-refractivity contribution in [2.45, 2.75) is 38.1 Å². The van der Waals surface area contributed by atoms with E-state index in [1.165, 1.54) is 6.42 Å². The van der Waals surface area contributed by atoms with Crippen molar-refractivity contribution in [3.8, 4) is 44.9 Å².